The molecule has 3 nitrogen and oxygen atoms in total. The fourth-order valence-electron chi connectivity index (χ4n) is 2.43. The molecule has 0 aromatic heterocycles. The van der Waals surface area contributed by atoms with Gasteiger partial charge in [0.2, 0.25) is 0 Å². The summed E-state index contributed by atoms with van der Waals surface area (Å²) in [5, 5.41) is 0. The normalized spacial score (nSPS) is 23.5. The molecule has 1 aliphatic rings. The van der Waals surface area contributed by atoms with Gasteiger partial charge in [-0.25, -0.2) is 5.90 Å². The summed E-state index contributed by atoms with van der Waals surface area (Å²) in [6, 6.07) is 11.1. The first kappa shape index (κ1) is 11.6. The van der Waals surface area contributed by atoms with Crippen LogP contribution in [-0.2, 0) is 4.84 Å². The van der Waals surface area contributed by atoms with Crippen LogP contribution in [0.2, 0.25) is 0 Å². The smallest absolute Gasteiger partial charge is 0.0720 e. The third-order valence-electron chi connectivity index (χ3n) is 3.48. The van der Waals surface area contributed by atoms with Gasteiger partial charge >= 0.3 is 0 Å². The van der Waals surface area contributed by atoms with Crippen molar-refractivity contribution in [2.24, 2.45) is 11.8 Å². The SMILES string of the molecule is CC(c1ccccc1)N1CCC(CON)C1. The Kier molecular flexibility index (Phi) is 3.93. The summed E-state index contributed by atoms with van der Waals surface area (Å²) in [5.41, 5.74) is 1.39. The number of rotatable bonds is 4. The van der Waals surface area contributed by atoms with Crippen LogP contribution in [0.3, 0.4) is 0 Å². The van der Waals surface area contributed by atoms with Gasteiger partial charge in [0.1, 0.15) is 0 Å². The van der Waals surface area contributed by atoms with Crippen molar-refractivity contribution in [3.63, 3.8) is 0 Å². The fraction of sp³-hybridized carbons (Fsp3) is 0.538. The van der Waals surface area contributed by atoms with Gasteiger partial charge in [-0.05, 0) is 31.4 Å². The van der Waals surface area contributed by atoms with E-state index in [0.717, 1.165) is 13.1 Å². The maximum Gasteiger partial charge on any atom is 0.0720 e. The van der Waals surface area contributed by atoms with Gasteiger partial charge in [0.05, 0.1) is 6.61 Å². The number of hydrogen-bond acceptors (Lipinski definition) is 3. The minimum absolute atomic E-state index is 0.490. The lowest BCUT2D eigenvalue weighted by Crippen LogP contribution is -2.25. The molecular formula is C13H20N2O. The lowest BCUT2D eigenvalue weighted by molar-refractivity contribution is 0.101. The molecule has 3 heteroatoms. The molecule has 88 valence electrons. The molecule has 2 rings (SSSR count). The van der Waals surface area contributed by atoms with Crippen molar-refractivity contribution in [2.75, 3.05) is 19.7 Å². The van der Waals surface area contributed by atoms with Crippen LogP contribution in [0, 0.1) is 5.92 Å². The van der Waals surface area contributed by atoms with Crippen LogP contribution in [0.4, 0.5) is 0 Å². The molecular weight excluding hydrogens is 200 g/mol. The van der Waals surface area contributed by atoms with E-state index < -0.39 is 0 Å². The molecule has 0 amide bonds. The highest BCUT2D eigenvalue weighted by Crippen LogP contribution is 2.26. The van der Waals surface area contributed by atoms with E-state index in [4.69, 9.17) is 10.7 Å². The van der Waals surface area contributed by atoms with Crippen LogP contribution >= 0.6 is 0 Å². The molecule has 0 aliphatic carbocycles. The monoisotopic (exact) mass is 220 g/mol. The van der Waals surface area contributed by atoms with E-state index in [1.807, 2.05) is 0 Å². The molecule has 16 heavy (non-hydrogen) atoms. The largest absolute Gasteiger partial charge is 0.304 e. The Morgan fingerprint density at radius 3 is 2.88 bits per heavy atom. The third kappa shape index (κ3) is 2.61. The number of likely N-dealkylation sites (tertiary alicyclic amines) is 1. The summed E-state index contributed by atoms with van der Waals surface area (Å²) in [4.78, 5) is 7.23. The van der Waals surface area contributed by atoms with Crippen LogP contribution in [0.1, 0.15) is 24.9 Å². The molecule has 0 spiro atoms. The predicted molar refractivity (Wildman–Crippen MR) is 64.7 cm³/mol. The van der Waals surface area contributed by atoms with E-state index in [0.29, 0.717) is 18.6 Å². The zero-order valence-corrected chi connectivity index (χ0v) is 9.80. The second kappa shape index (κ2) is 5.43. The third-order valence-corrected chi connectivity index (χ3v) is 3.48. The van der Waals surface area contributed by atoms with Gasteiger partial charge in [-0.3, -0.25) is 4.90 Å². The zero-order valence-electron chi connectivity index (χ0n) is 9.80. The quantitative estimate of drug-likeness (QED) is 0.788. The molecule has 0 bridgehead atoms. The number of benzene rings is 1. The first-order chi connectivity index (χ1) is 7.81. The molecule has 2 unspecified atom stereocenters. The Balaban J connectivity index is 1.94. The van der Waals surface area contributed by atoms with Gasteiger partial charge in [-0.1, -0.05) is 30.3 Å². The van der Waals surface area contributed by atoms with Gasteiger partial charge in [0, 0.05) is 12.6 Å². The summed E-state index contributed by atoms with van der Waals surface area (Å²) in [6.07, 6.45) is 1.19. The van der Waals surface area contributed by atoms with Crippen LogP contribution in [0.15, 0.2) is 30.3 Å². The number of hydrogen-bond donors (Lipinski definition) is 1. The van der Waals surface area contributed by atoms with Gasteiger partial charge < -0.3 is 4.84 Å². The molecule has 2 atom stereocenters. The molecule has 0 saturated carbocycles. The molecule has 1 aromatic rings. The summed E-state index contributed by atoms with van der Waals surface area (Å²) < 4.78 is 0. The van der Waals surface area contributed by atoms with E-state index in [2.05, 4.69) is 42.2 Å². The van der Waals surface area contributed by atoms with Crippen molar-refractivity contribution < 1.29 is 4.84 Å². The van der Waals surface area contributed by atoms with Crippen molar-refractivity contribution >= 4 is 0 Å². The number of nitrogens with zero attached hydrogens (tertiary/aromatic N) is 1. The summed E-state index contributed by atoms with van der Waals surface area (Å²) in [5.74, 6) is 5.72. The second-order valence-electron chi connectivity index (χ2n) is 4.57. The van der Waals surface area contributed by atoms with E-state index >= 15 is 0 Å². The fourth-order valence-corrected chi connectivity index (χ4v) is 2.43. The van der Waals surface area contributed by atoms with E-state index in [9.17, 15) is 0 Å². The average Bonchev–Trinajstić information content (AvgIpc) is 2.78. The molecule has 1 fully saturated rings. The van der Waals surface area contributed by atoms with Crippen LogP contribution in [-0.4, -0.2) is 24.6 Å². The Bertz CT molecular complexity index is 315. The predicted octanol–water partition coefficient (Wildman–Crippen LogP) is 1.96. The van der Waals surface area contributed by atoms with Crippen molar-refractivity contribution in [3.8, 4) is 0 Å². The van der Waals surface area contributed by atoms with E-state index in [1.165, 1.54) is 12.0 Å². The molecule has 1 heterocycles. The first-order valence-corrected chi connectivity index (χ1v) is 5.92. The van der Waals surface area contributed by atoms with E-state index in [1.54, 1.807) is 0 Å². The van der Waals surface area contributed by atoms with Crippen molar-refractivity contribution in [2.45, 2.75) is 19.4 Å². The molecule has 1 aliphatic heterocycles. The minimum atomic E-state index is 0.490. The highest BCUT2D eigenvalue weighted by Gasteiger charge is 2.26. The van der Waals surface area contributed by atoms with Crippen LogP contribution in [0.25, 0.3) is 0 Å². The molecule has 2 N–H and O–H groups in total. The summed E-state index contributed by atoms with van der Waals surface area (Å²) >= 11 is 0. The van der Waals surface area contributed by atoms with Gasteiger partial charge in [0.25, 0.3) is 0 Å². The lowest BCUT2D eigenvalue weighted by Gasteiger charge is -2.24. The van der Waals surface area contributed by atoms with Gasteiger partial charge in [-0.2, -0.15) is 0 Å². The Morgan fingerprint density at radius 1 is 1.44 bits per heavy atom. The second-order valence-corrected chi connectivity index (χ2v) is 4.57. The van der Waals surface area contributed by atoms with Crippen molar-refractivity contribution in [3.05, 3.63) is 35.9 Å². The van der Waals surface area contributed by atoms with Crippen LogP contribution < -0.4 is 5.90 Å². The van der Waals surface area contributed by atoms with E-state index in [-0.39, 0.29) is 0 Å². The highest BCUT2D eigenvalue weighted by molar-refractivity contribution is 5.18. The molecule has 0 radical (unpaired) electrons. The Hall–Kier alpha value is -0.900. The zero-order chi connectivity index (χ0) is 11.4. The lowest BCUT2D eigenvalue weighted by atomic mass is 10.1. The maximum absolute atomic E-state index is 5.12. The maximum atomic E-state index is 5.12. The Labute approximate surface area is 97.1 Å². The summed E-state index contributed by atoms with van der Waals surface area (Å²) in [7, 11) is 0. The standard InChI is InChI=1S/C13H20N2O/c1-11(13-5-3-2-4-6-13)15-8-7-12(9-15)10-16-14/h2-6,11-12H,7-10,14H2,1H3. The number of nitrogens with two attached hydrogens (primary N) is 1. The first-order valence-electron chi connectivity index (χ1n) is 5.92. The Morgan fingerprint density at radius 2 is 2.19 bits per heavy atom. The van der Waals surface area contributed by atoms with Crippen LogP contribution in [0.5, 0.6) is 0 Å². The molecule has 1 saturated heterocycles. The topological polar surface area (TPSA) is 38.5 Å². The average molecular weight is 220 g/mol. The minimum Gasteiger partial charge on any atom is -0.304 e. The summed E-state index contributed by atoms with van der Waals surface area (Å²) in [6.45, 7) is 5.18. The van der Waals surface area contributed by atoms with Crippen molar-refractivity contribution in [1.82, 2.24) is 4.90 Å². The molecule has 1 aromatic carbocycles. The van der Waals surface area contributed by atoms with Gasteiger partial charge in [0.15, 0.2) is 0 Å². The van der Waals surface area contributed by atoms with Crippen molar-refractivity contribution in [1.29, 1.82) is 0 Å². The highest BCUT2D eigenvalue weighted by atomic mass is 16.6. The van der Waals surface area contributed by atoms with Gasteiger partial charge in [-0.15, -0.1) is 0 Å².